The van der Waals surface area contributed by atoms with E-state index in [1.807, 2.05) is 0 Å². The quantitative estimate of drug-likeness (QED) is 0.722. The summed E-state index contributed by atoms with van der Waals surface area (Å²) < 4.78 is 5.09. The fraction of sp³-hybridized carbons (Fsp3) is 0.600. The lowest BCUT2D eigenvalue weighted by molar-refractivity contribution is 0.177. The number of nitrogens with one attached hydrogen (secondary N) is 1. The highest BCUT2D eigenvalue weighted by Crippen LogP contribution is 2.25. The van der Waals surface area contributed by atoms with E-state index in [1.54, 1.807) is 18.4 Å². The monoisotopic (exact) mass is 308 g/mol. The van der Waals surface area contributed by atoms with Crippen LogP contribution < -0.4 is 5.32 Å². The molecule has 0 spiro atoms. The Kier molecular flexibility index (Phi) is 6.35. The summed E-state index contributed by atoms with van der Waals surface area (Å²) in [5.74, 6) is 1.84. The highest BCUT2D eigenvalue weighted by molar-refractivity contribution is 7.16. The standard InChI is InChI=1S/C15H24N4OS/c1-4-7-16-14-12-6-10-21-15(12)18-13(17-14)11-19(2)8-5-9-20-3/h6,10H,4-5,7-9,11H2,1-3H3,(H,16,17,18). The molecule has 21 heavy (non-hydrogen) atoms. The van der Waals surface area contributed by atoms with E-state index in [9.17, 15) is 0 Å². The number of anilines is 1. The van der Waals surface area contributed by atoms with Crippen LogP contribution in [0.3, 0.4) is 0 Å². The molecule has 0 aliphatic rings. The van der Waals surface area contributed by atoms with Crippen molar-refractivity contribution in [3.8, 4) is 0 Å². The van der Waals surface area contributed by atoms with E-state index in [4.69, 9.17) is 9.72 Å². The van der Waals surface area contributed by atoms with Crippen LogP contribution in [0.25, 0.3) is 10.2 Å². The topological polar surface area (TPSA) is 50.3 Å². The third kappa shape index (κ3) is 4.62. The smallest absolute Gasteiger partial charge is 0.146 e. The van der Waals surface area contributed by atoms with E-state index in [0.29, 0.717) is 0 Å². The van der Waals surface area contributed by atoms with Gasteiger partial charge < -0.3 is 10.1 Å². The number of thiophene rings is 1. The van der Waals surface area contributed by atoms with Crippen LogP contribution in [-0.2, 0) is 11.3 Å². The van der Waals surface area contributed by atoms with Gasteiger partial charge in [0.1, 0.15) is 16.5 Å². The molecule has 0 saturated heterocycles. The van der Waals surface area contributed by atoms with Crippen LogP contribution in [0.1, 0.15) is 25.6 Å². The van der Waals surface area contributed by atoms with Crippen LogP contribution >= 0.6 is 11.3 Å². The van der Waals surface area contributed by atoms with Gasteiger partial charge in [-0.25, -0.2) is 9.97 Å². The predicted molar refractivity (Wildman–Crippen MR) is 89.0 cm³/mol. The maximum atomic E-state index is 5.09. The summed E-state index contributed by atoms with van der Waals surface area (Å²) in [4.78, 5) is 12.6. The van der Waals surface area contributed by atoms with Gasteiger partial charge in [0.05, 0.1) is 11.9 Å². The van der Waals surface area contributed by atoms with Gasteiger partial charge in [0.25, 0.3) is 0 Å². The Morgan fingerprint density at radius 3 is 3.00 bits per heavy atom. The molecule has 0 saturated carbocycles. The molecule has 0 aliphatic heterocycles. The Labute approximate surface area is 130 Å². The summed E-state index contributed by atoms with van der Waals surface area (Å²) in [5, 5.41) is 6.60. The highest BCUT2D eigenvalue weighted by Gasteiger charge is 2.10. The molecule has 0 amide bonds. The zero-order valence-corrected chi connectivity index (χ0v) is 13.9. The second kappa shape index (κ2) is 8.26. The van der Waals surface area contributed by atoms with E-state index in [1.165, 1.54) is 0 Å². The van der Waals surface area contributed by atoms with Crippen molar-refractivity contribution in [3.63, 3.8) is 0 Å². The minimum Gasteiger partial charge on any atom is -0.385 e. The molecule has 0 fully saturated rings. The van der Waals surface area contributed by atoms with Crippen molar-refractivity contribution < 1.29 is 4.74 Å². The number of rotatable bonds is 9. The largest absolute Gasteiger partial charge is 0.385 e. The first kappa shape index (κ1) is 16.1. The number of ether oxygens (including phenoxy) is 1. The van der Waals surface area contributed by atoms with Crippen molar-refractivity contribution in [3.05, 3.63) is 17.3 Å². The zero-order chi connectivity index (χ0) is 15.1. The minimum absolute atomic E-state index is 0.762. The molecular weight excluding hydrogens is 284 g/mol. The van der Waals surface area contributed by atoms with Gasteiger partial charge in [-0.3, -0.25) is 4.90 Å². The Balaban J connectivity index is 2.08. The van der Waals surface area contributed by atoms with Crippen molar-refractivity contribution >= 4 is 27.4 Å². The van der Waals surface area contributed by atoms with E-state index < -0.39 is 0 Å². The van der Waals surface area contributed by atoms with Gasteiger partial charge >= 0.3 is 0 Å². The first-order valence-corrected chi connectivity index (χ1v) is 8.28. The number of fused-ring (bicyclic) bond motifs is 1. The van der Waals surface area contributed by atoms with Gasteiger partial charge in [-0.2, -0.15) is 0 Å². The van der Waals surface area contributed by atoms with Crippen molar-refractivity contribution in [1.29, 1.82) is 0 Å². The average molecular weight is 308 g/mol. The van der Waals surface area contributed by atoms with Gasteiger partial charge in [0, 0.05) is 26.8 Å². The van der Waals surface area contributed by atoms with Gasteiger partial charge in [0.15, 0.2) is 0 Å². The first-order chi connectivity index (χ1) is 10.2. The SMILES string of the molecule is CCCNc1nc(CN(C)CCCOC)nc2sccc12. The Morgan fingerprint density at radius 1 is 1.38 bits per heavy atom. The highest BCUT2D eigenvalue weighted by atomic mass is 32.1. The average Bonchev–Trinajstić information content (AvgIpc) is 2.93. The van der Waals surface area contributed by atoms with E-state index in [0.717, 1.165) is 60.9 Å². The Bertz CT molecular complexity index is 558. The Morgan fingerprint density at radius 2 is 2.24 bits per heavy atom. The molecule has 0 radical (unpaired) electrons. The van der Waals surface area contributed by atoms with E-state index in [-0.39, 0.29) is 0 Å². The number of nitrogens with zero attached hydrogens (tertiary/aromatic N) is 3. The summed E-state index contributed by atoms with van der Waals surface area (Å²) in [6.07, 6.45) is 2.11. The third-order valence-electron chi connectivity index (χ3n) is 3.21. The number of hydrogen-bond donors (Lipinski definition) is 1. The molecule has 0 bridgehead atoms. The van der Waals surface area contributed by atoms with Gasteiger partial charge in [-0.15, -0.1) is 11.3 Å². The van der Waals surface area contributed by atoms with Crippen LogP contribution in [0.15, 0.2) is 11.4 Å². The fourth-order valence-electron chi connectivity index (χ4n) is 2.15. The maximum absolute atomic E-state index is 5.09. The maximum Gasteiger partial charge on any atom is 0.146 e. The van der Waals surface area contributed by atoms with Gasteiger partial charge in [0.2, 0.25) is 0 Å². The minimum atomic E-state index is 0.762. The first-order valence-electron chi connectivity index (χ1n) is 7.40. The normalized spacial score (nSPS) is 11.4. The fourth-order valence-corrected chi connectivity index (χ4v) is 2.93. The third-order valence-corrected chi connectivity index (χ3v) is 4.02. The predicted octanol–water partition coefficient (Wildman–Crippen LogP) is 2.98. The van der Waals surface area contributed by atoms with E-state index in [2.05, 4.69) is 40.6 Å². The molecule has 2 rings (SSSR count). The van der Waals surface area contributed by atoms with Crippen LogP contribution in [0.4, 0.5) is 5.82 Å². The van der Waals surface area contributed by atoms with E-state index >= 15 is 0 Å². The van der Waals surface area contributed by atoms with Crippen LogP contribution in [0.5, 0.6) is 0 Å². The van der Waals surface area contributed by atoms with Crippen LogP contribution in [0.2, 0.25) is 0 Å². The molecule has 6 heteroatoms. The summed E-state index contributed by atoms with van der Waals surface area (Å²) in [6.45, 7) is 5.63. The number of methoxy groups -OCH3 is 1. The number of aromatic nitrogens is 2. The molecule has 0 unspecified atom stereocenters. The number of hydrogen-bond acceptors (Lipinski definition) is 6. The lowest BCUT2D eigenvalue weighted by atomic mass is 10.3. The second-order valence-electron chi connectivity index (χ2n) is 5.14. The lowest BCUT2D eigenvalue weighted by Crippen LogP contribution is -2.22. The van der Waals surface area contributed by atoms with Crippen molar-refractivity contribution in [2.24, 2.45) is 0 Å². The molecule has 2 heterocycles. The summed E-state index contributed by atoms with van der Waals surface area (Å²) >= 11 is 1.67. The summed E-state index contributed by atoms with van der Waals surface area (Å²) in [6, 6.07) is 2.09. The second-order valence-corrected chi connectivity index (χ2v) is 6.03. The zero-order valence-electron chi connectivity index (χ0n) is 13.1. The van der Waals surface area contributed by atoms with Gasteiger partial charge in [-0.1, -0.05) is 6.92 Å². The molecule has 2 aromatic rings. The molecule has 0 aromatic carbocycles. The van der Waals surface area contributed by atoms with Crippen molar-refractivity contribution in [2.45, 2.75) is 26.3 Å². The molecule has 2 aromatic heterocycles. The molecular formula is C15H24N4OS. The van der Waals surface area contributed by atoms with Crippen molar-refractivity contribution in [2.75, 3.05) is 39.2 Å². The molecule has 116 valence electrons. The van der Waals surface area contributed by atoms with Crippen LogP contribution in [-0.4, -0.2) is 48.7 Å². The van der Waals surface area contributed by atoms with Crippen LogP contribution in [0, 0.1) is 0 Å². The van der Waals surface area contributed by atoms with Crippen molar-refractivity contribution in [1.82, 2.24) is 14.9 Å². The molecule has 1 N–H and O–H groups in total. The van der Waals surface area contributed by atoms with Gasteiger partial charge in [-0.05, 0) is 31.3 Å². The Hall–Kier alpha value is -1.24. The summed E-state index contributed by atoms with van der Waals surface area (Å²) in [7, 11) is 3.83. The lowest BCUT2D eigenvalue weighted by Gasteiger charge is -2.16. The molecule has 0 atom stereocenters. The molecule has 5 nitrogen and oxygen atoms in total. The summed E-state index contributed by atoms with van der Waals surface area (Å²) in [5.41, 5.74) is 0. The molecule has 0 aliphatic carbocycles.